The zero-order chi connectivity index (χ0) is 10.0. The van der Waals surface area contributed by atoms with Gasteiger partial charge in [-0.3, -0.25) is 10.1 Å². The van der Waals surface area contributed by atoms with Gasteiger partial charge in [-0.2, -0.15) is 0 Å². The van der Waals surface area contributed by atoms with Gasteiger partial charge in [-0.05, 0) is 6.07 Å². The largest absolute Gasteiger partial charge is 0.608 e. The van der Waals surface area contributed by atoms with E-state index in [4.69, 9.17) is 16.8 Å². The summed E-state index contributed by atoms with van der Waals surface area (Å²) in [6, 6.07) is 3.48. The summed E-state index contributed by atoms with van der Waals surface area (Å²) in [6.07, 6.45) is 0. The van der Waals surface area contributed by atoms with Crippen LogP contribution in [0.25, 0.3) is 0 Å². The van der Waals surface area contributed by atoms with Crippen LogP contribution >= 0.6 is 19.5 Å². The maximum absolute atomic E-state index is 10.7. The van der Waals surface area contributed by atoms with Crippen molar-refractivity contribution < 1.29 is 9.82 Å². The lowest BCUT2D eigenvalue weighted by Gasteiger charge is -1.96. The number of nitro benzene ring substituents is 1. The highest BCUT2D eigenvalue weighted by atomic mass is 35.5. The maximum Gasteiger partial charge on any atom is 0.271 e. The van der Waals surface area contributed by atoms with Crippen LogP contribution in [-0.4, -0.2) is 4.92 Å². The van der Waals surface area contributed by atoms with Gasteiger partial charge in [-0.25, -0.2) is 0 Å². The molecule has 0 aliphatic carbocycles. The van der Waals surface area contributed by atoms with Gasteiger partial charge in [-0.15, -0.1) is 5.16 Å². The van der Waals surface area contributed by atoms with E-state index in [2.05, 4.69) is 0 Å². The molecule has 0 aromatic heterocycles. The molecule has 13 heavy (non-hydrogen) atoms. The van der Waals surface area contributed by atoms with Gasteiger partial charge in [0.15, 0.2) is 5.30 Å². The summed E-state index contributed by atoms with van der Waals surface area (Å²) < 4.78 is 0. The van der Waals surface area contributed by atoms with E-state index in [0.717, 1.165) is 6.07 Å². The predicted octanol–water partition coefficient (Wildman–Crippen LogP) is 1.39. The number of non-ortho nitro benzene ring substituents is 1. The van der Waals surface area contributed by atoms with Gasteiger partial charge in [-0.1, -0.05) is 11.6 Å². The Morgan fingerprint density at radius 3 is 2.54 bits per heavy atom. The molecule has 1 unspecified atom stereocenters. The Kier molecular flexibility index (Phi) is 2.93. The molecule has 0 aliphatic rings. The van der Waals surface area contributed by atoms with E-state index in [-0.39, 0.29) is 16.0 Å². The fourth-order valence-electron chi connectivity index (χ4n) is 0.774. The highest BCUT2D eigenvalue weighted by molar-refractivity contribution is 7.47. The SMILES string of the molecule is N=[P+]([O-])c1ccc([N+](=O)[O-])cc1Cl. The molecule has 7 heteroatoms. The van der Waals surface area contributed by atoms with Gasteiger partial charge >= 0.3 is 0 Å². The Balaban J connectivity index is 3.20. The third-order valence-electron chi connectivity index (χ3n) is 1.36. The molecule has 0 amide bonds. The zero-order valence-electron chi connectivity index (χ0n) is 6.23. The number of hydrogen-bond donors (Lipinski definition) is 1. The van der Waals surface area contributed by atoms with Crippen molar-refractivity contribution >= 4 is 30.5 Å². The minimum absolute atomic E-state index is 0.00897. The smallest absolute Gasteiger partial charge is 0.271 e. The number of hydrogen-bond acceptors (Lipinski definition) is 4. The van der Waals surface area contributed by atoms with Crippen LogP contribution in [0.4, 0.5) is 5.69 Å². The second-order valence-electron chi connectivity index (χ2n) is 2.19. The van der Waals surface area contributed by atoms with E-state index in [1.807, 2.05) is 0 Å². The summed E-state index contributed by atoms with van der Waals surface area (Å²) in [4.78, 5) is 20.4. The highest BCUT2D eigenvalue weighted by Gasteiger charge is 2.14. The van der Waals surface area contributed by atoms with Crippen molar-refractivity contribution in [2.75, 3.05) is 0 Å². The molecule has 1 N–H and O–H groups in total. The van der Waals surface area contributed by atoms with Crippen molar-refractivity contribution in [1.29, 1.82) is 5.16 Å². The third-order valence-corrected chi connectivity index (χ3v) is 2.63. The summed E-state index contributed by atoms with van der Waals surface area (Å²) in [6.45, 7) is 0. The quantitative estimate of drug-likeness (QED) is 0.462. The van der Waals surface area contributed by atoms with Crippen LogP contribution in [0.15, 0.2) is 18.2 Å². The zero-order valence-corrected chi connectivity index (χ0v) is 7.88. The summed E-state index contributed by atoms with van der Waals surface area (Å²) in [7, 11) is -2.30. The maximum atomic E-state index is 10.7. The Labute approximate surface area is 79.5 Å². The average molecular weight is 219 g/mol. The van der Waals surface area contributed by atoms with Gasteiger partial charge in [0.2, 0.25) is 7.94 Å². The lowest BCUT2D eigenvalue weighted by molar-refractivity contribution is -0.384. The molecule has 1 aromatic carbocycles. The van der Waals surface area contributed by atoms with E-state index in [0.29, 0.717) is 0 Å². The molecule has 0 spiro atoms. The predicted molar refractivity (Wildman–Crippen MR) is 47.4 cm³/mol. The molecule has 0 bridgehead atoms. The highest BCUT2D eigenvalue weighted by Crippen LogP contribution is 2.22. The van der Waals surface area contributed by atoms with E-state index < -0.39 is 12.9 Å². The lowest BCUT2D eigenvalue weighted by Crippen LogP contribution is -2.05. The first-order valence-electron chi connectivity index (χ1n) is 3.15. The van der Waals surface area contributed by atoms with Crippen molar-refractivity contribution in [3.05, 3.63) is 33.3 Å². The van der Waals surface area contributed by atoms with E-state index in [9.17, 15) is 15.0 Å². The molecule has 68 valence electrons. The Morgan fingerprint density at radius 1 is 1.54 bits per heavy atom. The molecule has 0 saturated carbocycles. The molecule has 0 heterocycles. The van der Waals surface area contributed by atoms with Crippen LogP contribution in [0.1, 0.15) is 0 Å². The molecule has 0 aliphatic heterocycles. The van der Waals surface area contributed by atoms with Crippen LogP contribution in [0.5, 0.6) is 0 Å². The van der Waals surface area contributed by atoms with Crippen molar-refractivity contribution in [1.82, 2.24) is 0 Å². The number of rotatable bonds is 2. The molecular weight excluding hydrogens is 215 g/mol. The van der Waals surface area contributed by atoms with Gasteiger partial charge in [0, 0.05) is 12.1 Å². The lowest BCUT2D eigenvalue weighted by atomic mass is 10.3. The summed E-state index contributed by atoms with van der Waals surface area (Å²) >= 11 is 5.56. The van der Waals surface area contributed by atoms with Crippen LogP contribution in [0, 0.1) is 15.3 Å². The summed E-state index contributed by atoms with van der Waals surface area (Å²) in [5.41, 5.74) is -0.175. The molecular formula is C6H4ClN2O3P. The summed E-state index contributed by atoms with van der Waals surface area (Å²) in [5, 5.41) is 17.3. The first-order chi connectivity index (χ1) is 6.02. The van der Waals surface area contributed by atoms with Gasteiger partial charge in [0.05, 0.1) is 9.95 Å². The normalized spacial score (nSPS) is 11.1. The van der Waals surface area contributed by atoms with Gasteiger partial charge in [0.25, 0.3) is 5.69 Å². The van der Waals surface area contributed by atoms with E-state index >= 15 is 0 Å². The number of halogens is 1. The second-order valence-corrected chi connectivity index (χ2v) is 3.66. The molecule has 1 atom stereocenters. The first kappa shape index (κ1) is 10.1. The van der Waals surface area contributed by atoms with Crippen LogP contribution in [-0.2, 0) is 0 Å². The number of nitrogens with zero attached hydrogens (tertiary/aromatic N) is 1. The molecule has 0 fully saturated rings. The second kappa shape index (κ2) is 3.79. The van der Waals surface area contributed by atoms with E-state index in [1.165, 1.54) is 12.1 Å². The van der Waals surface area contributed by atoms with Crippen molar-refractivity contribution in [3.8, 4) is 0 Å². The third kappa shape index (κ3) is 2.21. The minimum Gasteiger partial charge on any atom is -0.608 e. The molecule has 5 nitrogen and oxygen atoms in total. The average Bonchev–Trinajstić information content (AvgIpc) is 2.03. The molecule has 0 saturated heterocycles. The first-order valence-corrected chi connectivity index (χ1v) is 4.78. The molecule has 1 rings (SSSR count). The Bertz CT molecular complexity index is 382. The van der Waals surface area contributed by atoms with Crippen molar-refractivity contribution in [3.63, 3.8) is 0 Å². The van der Waals surface area contributed by atoms with Crippen LogP contribution in [0.3, 0.4) is 0 Å². The number of nitro groups is 1. The Morgan fingerprint density at radius 2 is 2.15 bits per heavy atom. The minimum atomic E-state index is -2.30. The van der Waals surface area contributed by atoms with Gasteiger partial charge in [0.1, 0.15) is 0 Å². The monoisotopic (exact) mass is 218 g/mol. The fourth-order valence-corrected chi connectivity index (χ4v) is 1.65. The molecule has 1 aromatic rings. The van der Waals surface area contributed by atoms with Gasteiger partial charge < -0.3 is 4.89 Å². The van der Waals surface area contributed by atoms with Crippen LogP contribution in [0.2, 0.25) is 5.02 Å². The Hall–Kier alpha value is -1.03. The number of benzene rings is 1. The van der Waals surface area contributed by atoms with Crippen LogP contribution < -0.4 is 10.2 Å². The standard InChI is InChI=1S/C6H4ClN2O3P/c7-5-3-4(9(10)11)1-2-6(5)13(8)12/h1-3,8H. The topological polar surface area (TPSA) is 90.0 Å². The van der Waals surface area contributed by atoms with Crippen molar-refractivity contribution in [2.24, 2.45) is 0 Å². The summed E-state index contributed by atoms with van der Waals surface area (Å²) in [5.74, 6) is 0. The molecule has 0 radical (unpaired) electrons. The number of nitrogens with one attached hydrogen (secondary N) is 1. The fraction of sp³-hybridized carbons (Fsp3) is 0. The van der Waals surface area contributed by atoms with E-state index in [1.54, 1.807) is 0 Å². The van der Waals surface area contributed by atoms with Crippen molar-refractivity contribution in [2.45, 2.75) is 0 Å².